The summed E-state index contributed by atoms with van der Waals surface area (Å²) < 4.78 is 50.4. The van der Waals surface area contributed by atoms with Gasteiger partial charge in [0.05, 0.1) is 11.1 Å². The molecule has 1 amide bonds. The van der Waals surface area contributed by atoms with Gasteiger partial charge in [-0.2, -0.15) is 13.2 Å². The average Bonchev–Trinajstić information content (AvgIpc) is 3.12. The SMILES string of the molecule is CCc1cc(C(F)(F)F)ccc1CC1OC(=O)c2cc(N3CCN(C(=O)OC(C)(C)C)CC3)ccc21. The van der Waals surface area contributed by atoms with Crippen molar-refractivity contribution in [3.8, 4) is 0 Å². The predicted octanol–water partition coefficient (Wildman–Crippen LogP) is 5.78. The minimum atomic E-state index is -4.40. The highest BCUT2D eigenvalue weighted by Crippen LogP contribution is 2.37. The van der Waals surface area contributed by atoms with Crippen LogP contribution >= 0.6 is 0 Å². The molecule has 0 saturated carbocycles. The molecule has 0 aliphatic carbocycles. The maximum absolute atomic E-state index is 13.1. The first-order valence-electron chi connectivity index (χ1n) is 12.1. The Hall–Kier alpha value is -3.23. The Balaban J connectivity index is 1.46. The second kappa shape index (κ2) is 9.67. The summed E-state index contributed by atoms with van der Waals surface area (Å²) in [4.78, 5) is 28.8. The van der Waals surface area contributed by atoms with Crippen LogP contribution in [0.15, 0.2) is 36.4 Å². The number of esters is 1. The van der Waals surface area contributed by atoms with Gasteiger partial charge in [-0.1, -0.05) is 19.1 Å². The van der Waals surface area contributed by atoms with Crippen molar-refractivity contribution in [3.05, 3.63) is 64.2 Å². The molecule has 194 valence electrons. The fraction of sp³-hybridized carbons (Fsp3) is 0.481. The monoisotopic (exact) mass is 504 g/mol. The molecule has 1 atom stereocenters. The molecule has 1 saturated heterocycles. The van der Waals surface area contributed by atoms with E-state index in [0.29, 0.717) is 50.1 Å². The predicted molar refractivity (Wildman–Crippen MR) is 129 cm³/mol. The zero-order valence-electron chi connectivity index (χ0n) is 20.9. The van der Waals surface area contributed by atoms with E-state index in [0.717, 1.165) is 22.9 Å². The van der Waals surface area contributed by atoms with Gasteiger partial charge in [0, 0.05) is 43.9 Å². The number of piperazine rings is 1. The van der Waals surface area contributed by atoms with Crippen LogP contribution in [0.3, 0.4) is 0 Å². The third-order valence-electron chi connectivity index (χ3n) is 6.47. The van der Waals surface area contributed by atoms with E-state index in [1.807, 2.05) is 39.8 Å². The molecule has 6 nitrogen and oxygen atoms in total. The molecule has 0 N–H and O–H groups in total. The smallest absolute Gasteiger partial charge is 0.416 e. The number of hydrogen-bond acceptors (Lipinski definition) is 5. The molecule has 2 aromatic carbocycles. The number of carbonyl (C=O) groups excluding carboxylic acids is 2. The number of hydrogen-bond donors (Lipinski definition) is 0. The topological polar surface area (TPSA) is 59.1 Å². The lowest BCUT2D eigenvalue weighted by molar-refractivity contribution is -0.137. The van der Waals surface area contributed by atoms with Gasteiger partial charge < -0.3 is 19.3 Å². The lowest BCUT2D eigenvalue weighted by Gasteiger charge is -2.36. The molecule has 2 aliphatic rings. The number of carbonyl (C=O) groups is 2. The molecule has 0 aromatic heterocycles. The number of nitrogens with zero attached hydrogens (tertiary/aromatic N) is 2. The number of ether oxygens (including phenoxy) is 2. The molecule has 1 unspecified atom stereocenters. The van der Waals surface area contributed by atoms with Crippen LogP contribution in [-0.4, -0.2) is 48.7 Å². The van der Waals surface area contributed by atoms with E-state index in [-0.39, 0.29) is 6.09 Å². The molecular formula is C27H31F3N2O4. The van der Waals surface area contributed by atoms with Crippen molar-refractivity contribution in [2.24, 2.45) is 0 Å². The summed E-state index contributed by atoms with van der Waals surface area (Å²) >= 11 is 0. The van der Waals surface area contributed by atoms with Crippen LogP contribution in [0.2, 0.25) is 0 Å². The van der Waals surface area contributed by atoms with Gasteiger partial charge in [0.15, 0.2) is 0 Å². The number of rotatable bonds is 4. The summed E-state index contributed by atoms with van der Waals surface area (Å²) in [5.74, 6) is -0.436. The van der Waals surface area contributed by atoms with Gasteiger partial charge in [0.1, 0.15) is 11.7 Å². The molecule has 0 bridgehead atoms. The van der Waals surface area contributed by atoms with Crippen molar-refractivity contribution in [1.82, 2.24) is 4.90 Å². The van der Waals surface area contributed by atoms with E-state index in [2.05, 4.69) is 4.90 Å². The molecule has 36 heavy (non-hydrogen) atoms. The summed E-state index contributed by atoms with van der Waals surface area (Å²) in [5.41, 5.74) is 2.16. The number of cyclic esters (lactones) is 1. The largest absolute Gasteiger partial charge is 0.454 e. The van der Waals surface area contributed by atoms with E-state index in [1.165, 1.54) is 12.1 Å². The Kier molecular flexibility index (Phi) is 6.94. The standard InChI is InChI=1S/C27H31F3N2O4/c1-5-17-14-19(27(28,29)30)7-6-18(17)15-23-21-9-8-20(16-22(21)24(33)35-23)31-10-12-32(13-11-31)25(34)36-26(2,3)4/h6-9,14,16,23H,5,10-13,15H2,1-4H3. The molecule has 4 rings (SSSR count). The second-order valence-electron chi connectivity index (χ2n) is 10.2. The summed E-state index contributed by atoms with van der Waals surface area (Å²) in [5, 5.41) is 0. The second-order valence-corrected chi connectivity index (χ2v) is 10.2. The lowest BCUT2D eigenvalue weighted by atomic mass is 9.93. The molecule has 9 heteroatoms. The summed E-state index contributed by atoms with van der Waals surface area (Å²) in [6, 6.07) is 9.31. The number of benzene rings is 2. The molecular weight excluding hydrogens is 473 g/mol. The number of aryl methyl sites for hydroxylation is 1. The summed E-state index contributed by atoms with van der Waals surface area (Å²) in [7, 11) is 0. The highest BCUT2D eigenvalue weighted by atomic mass is 19.4. The van der Waals surface area contributed by atoms with Crippen molar-refractivity contribution < 1.29 is 32.2 Å². The van der Waals surface area contributed by atoms with Gasteiger partial charge in [-0.15, -0.1) is 0 Å². The molecule has 2 aromatic rings. The number of alkyl halides is 3. The minimum Gasteiger partial charge on any atom is -0.454 e. The maximum atomic E-state index is 13.1. The van der Waals surface area contributed by atoms with E-state index >= 15 is 0 Å². The first-order chi connectivity index (χ1) is 16.9. The number of anilines is 1. The van der Waals surface area contributed by atoms with Crippen LogP contribution in [0.5, 0.6) is 0 Å². The third kappa shape index (κ3) is 5.60. The fourth-order valence-electron chi connectivity index (χ4n) is 4.61. The average molecular weight is 505 g/mol. The van der Waals surface area contributed by atoms with E-state index in [1.54, 1.807) is 11.0 Å². The first-order valence-corrected chi connectivity index (χ1v) is 12.1. The van der Waals surface area contributed by atoms with Crippen LogP contribution in [0.25, 0.3) is 0 Å². The highest BCUT2D eigenvalue weighted by molar-refractivity contribution is 5.95. The zero-order valence-corrected chi connectivity index (χ0v) is 20.9. The number of halogens is 3. The third-order valence-corrected chi connectivity index (χ3v) is 6.47. The number of amides is 1. The van der Waals surface area contributed by atoms with Crippen molar-refractivity contribution >= 4 is 17.7 Å². The van der Waals surface area contributed by atoms with Gasteiger partial charge in [-0.05, 0) is 62.6 Å². The van der Waals surface area contributed by atoms with E-state index in [9.17, 15) is 22.8 Å². The minimum absolute atomic E-state index is 0.313. The van der Waals surface area contributed by atoms with Crippen molar-refractivity contribution in [3.63, 3.8) is 0 Å². The summed E-state index contributed by atoms with van der Waals surface area (Å²) in [6.07, 6.45) is -4.52. The summed E-state index contributed by atoms with van der Waals surface area (Å²) in [6.45, 7) is 9.52. The van der Waals surface area contributed by atoms with Gasteiger partial charge in [0.25, 0.3) is 0 Å². The van der Waals surface area contributed by atoms with Crippen LogP contribution in [0.4, 0.5) is 23.7 Å². The van der Waals surface area contributed by atoms with Crippen molar-refractivity contribution in [2.75, 3.05) is 31.1 Å². The maximum Gasteiger partial charge on any atom is 0.416 e. The Morgan fingerprint density at radius 1 is 1.03 bits per heavy atom. The van der Waals surface area contributed by atoms with Crippen LogP contribution in [-0.2, 0) is 28.5 Å². The quantitative estimate of drug-likeness (QED) is 0.494. The molecule has 0 spiro atoms. The zero-order chi connectivity index (χ0) is 26.3. The Morgan fingerprint density at radius 3 is 2.33 bits per heavy atom. The Bertz CT molecular complexity index is 1150. The normalized spacial score (nSPS) is 18.2. The van der Waals surface area contributed by atoms with Gasteiger partial charge in [-0.3, -0.25) is 0 Å². The van der Waals surface area contributed by atoms with Crippen molar-refractivity contribution in [1.29, 1.82) is 0 Å². The van der Waals surface area contributed by atoms with Crippen LogP contribution < -0.4 is 4.90 Å². The molecule has 0 radical (unpaired) electrons. The van der Waals surface area contributed by atoms with Gasteiger partial charge in [0.2, 0.25) is 0 Å². The number of fused-ring (bicyclic) bond motifs is 1. The van der Waals surface area contributed by atoms with E-state index in [4.69, 9.17) is 9.47 Å². The van der Waals surface area contributed by atoms with Crippen molar-refractivity contribution in [2.45, 2.75) is 58.4 Å². The van der Waals surface area contributed by atoms with Gasteiger partial charge >= 0.3 is 18.2 Å². The highest BCUT2D eigenvalue weighted by Gasteiger charge is 2.34. The lowest BCUT2D eigenvalue weighted by Crippen LogP contribution is -2.50. The molecule has 1 fully saturated rings. The molecule has 2 heterocycles. The van der Waals surface area contributed by atoms with Crippen LogP contribution in [0.1, 0.15) is 66.4 Å². The fourth-order valence-corrected chi connectivity index (χ4v) is 4.61. The van der Waals surface area contributed by atoms with Crippen LogP contribution in [0, 0.1) is 0 Å². The molecule has 2 aliphatic heterocycles. The Morgan fingerprint density at radius 2 is 1.72 bits per heavy atom. The Labute approximate surface area is 209 Å². The first kappa shape index (κ1) is 25.9. The van der Waals surface area contributed by atoms with E-state index < -0.39 is 29.4 Å². The van der Waals surface area contributed by atoms with Gasteiger partial charge in [-0.25, -0.2) is 9.59 Å².